The molecule has 0 aromatic carbocycles. The average Bonchev–Trinajstić information content (AvgIpc) is 0.966. The van der Waals surface area contributed by atoms with Gasteiger partial charge in [-0.3, -0.25) is 23.4 Å². The van der Waals surface area contributed by atoms with Crippen molar-refractivity contribution >= 4 is 33.2 Å². The molecule has 524 valence electrons. The van der Waals surface area contributed by atoms with Gasteiger partial charge in [0, 0.05) is 40.3 Å². The van der Waals surface area contributed by atoms with Crippen LogP contribution in [0.5, 0.6) is 0 Å². The van der Waals surface area contributed by atoms with Crippen molar-refractivity contribution in [2.45, 2.75) is 352 Å². The Balaban J connectivity index is 2.45. The van der Waals surface area contributed by atoms with Crippen LogP contribution < -0.4 is 10.6 Å². The van der Waals surface area contributed by atoms with Crippen LogP contribution in [-0.2, 0) is 70.8 Å². The summed E-state index contributed by atoms with van der Waals surface area (Å²) in [5.41, 5.74) is 0. The molecule has 3 unspecified atom stereocenters. The number of rotatable bonds is 59. The third-order valence-corrected chi connectivity index (χ3v) is 17.5. The Morgan fingerprint density at radius 3 is 1.46 bits per heavy atom. The minimum atomic E-state index is -5.45. The fraction of sp³-hybridized carbons (Fsp3) is 0.923. The SMILES string of the molecule is CCCCCC/C=C\CCCCCCCCCC(=O)N[C@H]1[C@H](OO[C@H]2OC(OP(=O)(O)O)C(NC(=O)CC(=O)CCCCCCCCCCC)[C@@H](OCCCCCCCCCC)[C@@H]2O)O[C@H](COC)C(OP(=O)(O)O)[C@@H]1OCC[C@@H](CCCCCCC)OC. The Labute approximate surface area is 535 Å². The lowest BCUT2D eigenvalue weighted by molar-refractivity contribution is -0.483. The number of unbranched alkanes of at least 4 members (excludes halogenated alkanes) is 30. The maximum atomic E-state index is 14.1. The number of ether oxygens (including phenoxy) is 6. The summed E-state index contributed by atoms with van der Waals surface area (Å²) in [6.45, 7) is 8.34. The highest BCUT2D eigenvalue weighted by molar-refractivity contribution is 7.46. The first-order valence-electron chi connectivity index (χ1n) is 34.7. The number of aliphatic hydroxyl groups excluding tert-OH is 1. The zero-order valence-electron chi connectivity index (χ0n) is 55.7. The largest absolute Gasteiger partial charge is 0.472 e. The quantitative estimate of drug-likeness (QED) is 0.00743. The number of allylic oxidation sites excluding steroid dienone is 2. The second-order valence-electron chi connectivity index (χ2n) is 24.5. The summed E-state index contributed by atoms with van der Waals surface area (Å²) < 4.78 is 72.1. The molecule has 2 heterocycles. The van der Waals surface area contributed by atoms with Crippen LogP contribution in [0.1, 0.15) is 285 Å². The van der Waals surface area contributed by atoms with E-state index in [-0.39, 0.29) is 44.5 Å². The molecule has 2 amide bonds. The summed E-state index contributed by atoms with van der Waals surface area (Å²) in [5.74, 6) is -1.64. The highest BCUT2D eigenvalue weighted by atomic mass is 31.2. The van der Waals surface area contributed by atoms with Crippen LogP contribution in [0.15, 0.2) is 12.2 Å². The molecule has 22 nitrogen and oxygen atoms in total. The normalized spacial score (nSPS) is 22.9. The summed E-state index contributed by atoms with van der Waals surface area (Å²) in [7, 11) is -7.82. The van der Waals surface area contributed by atoms with Crippen molar-refractivity contribution in [2.24, 2.45) is 0 Å². The number of amides is 2. The highest BCUT2D eigenvalue weighted by Crippen LogP contribution is 2.44. The van der Waals surface area contributed by atoms with Crippen molar-refractivity contribution in [3.05, 3.63) is 12.2 Å². The molecular weight excluding hydrogens is 1190 g/mol. The lowest BCUT2D eigenvalue weighted by atomic mass is 9.96. The van der Waals surface area contributed by atoms with E-state index in [0.29, 0.717) is 25.7 Å². The number of hydrogen-bond acceptors (Lipinski definition) is 16. The van der Waals surface area contributed by atoms with Crippen molar-refractivity contribution in [3.8, 4) is 0 Å². The van der Waals surface area contributed by atoms with Crippen LogP contribution in [0.25, 0.3) is 0 Å². The van der Waals surface area contributed by atoms with E-state index in [2.05, 4.69) is 50.5 Å². The minimum absolute atomic E-state index is 0.0231. The van der Waals surface area contributed by atoms with E-state index < -0.39 is 95.4 Å². The van der Waals surface area contributed by atoms with Gasteiger partial charge in [-0.25, -0.2) is 9.13 Å². The number of methoxy groups -OCH3 is 2. The number of Topliss-reactive ketones (excluding diaryl/α,β-unsaturated/α-hetero) is 1. The predicted molar refractivity (Wildman–Crippen MR) is 343 cm³/mol. The highest BCUT2D eigenvalue weighted by Gasteiger charge is 2.54. The van der Waals surface area contributed by atoms with Crippen molar-refractivity contribution < 1.29 is 95.4 Å². The van der Waals surface area contributed by atoms with Crippen molar-refractivity contribution in [1.82, 2.24) is 10.6 Å². The first kappa shape index (κ1) is 83.3. The molecule has 0 bridgehead atoms. The number of aliphatic hydroxyl groups is 1. The Hall–Kier alpha value is -1.79. The fourth-order valence-corrected chi connectivity index (χ4v) is 12.4. The molecule has 0 aromatic heterocycles. The van der Waals surface area contributed by atoms with Gasteiger partial charge in [0.1, 0.15) is 48.4 Å². The van der Waals surface area contributed by atoms with Gasteiger partial charge >= 0.3 is 15.6 Å². The summed E-state index contributed by atoms with van der Waals surface area (Å²) in [6, 6.07) is -3.04. The molecule has 2 aliphatic heterocycles. The van der Waals surface area contributed by atoms with E-state index >= 15 is 0 Å². The van der Waals surface area contributed by atoms with Gasteiger partial charge in [-0.2, -0.15) is 9.78 Å². The second-order valence-corrected chi connectivity index (χ2v) is 26.9. The molecule has 2 aliphatic rings. The smallest absolute Gasteiger partial charge is 0.385 e. The van der Waals surface area contributed by atoms with Gasteiger partial charge in [0.15, 0.2) is 6.29 Å². The maximum absolute atomic E-state index is 14.1. The first-order chi connectivity index (χ1) is 42.9. The second kappa shape index (κ2) is 52.5. The Morgan fingerprint density at radius 2 is 0.933 bits per heavy atom. The topological polar surface area (TPSA) is 303 Å². The fourth-order valence-electron chi connectivity index (χ4n) is 11.4. The minimum Gasteiger partial charge on any atom is -0.385 e. The number of carbonyl (C=O) groups is 3. The van der Waals surface area contributed by atoms with E-state index in [1.54, 1.807) is 7.11 Å². The number of hydrogen-bond donors (Lipinski definition) is 7. The average molecular weight is 1320 g/mol. The van der Waals surface area contributed by atoms with Gasteiger partial charge in [-0.05, 0) is 57.8 Å². The molecule has 2 fully saturated rings. The number of phosphoric ester groups is 2. The first-order valence-corrected chi connectivity index (χ1v) is 37.8. The standard InChI is InChI=1S/C65H124N2O20P2/c1-7-11-15-19-22-25-26-27-28-29-30-32-34-38-42-46-55(69)66-58-62(81-49-47-53(79-6)45-41-36-18-14-10-4)60(86-88(72,73)74)54(51-78-5)82-63(58)84-85-65-59(71)61(80-48-43-39-35-24-21-17-13-9-3)57(64(83-65)87-89(75,76)77)67-56(70)50-52(68)44-40-37-33-31-23-20-16-12-8-2/h25-26,53-54,57-65,71H,7-24,27-51H2,1-6H3,(H,66,69)(H,67,70)(H2,72,73,74)(H2,75,76,77)/b26-25-/t53-,54-,57?,58-,59+,60?,61-,62-,63+,64?,65-/m1/s1. The molecule has 0 aliphatic carbocycles. The van der Waals surface area contributed by atoms with Gasteiger partial charge < -0.3 is 63.7 Å². The van der Waals surface area contributed by atoms with E-state index in [1.807, 2.05) is 0 Å². The lowest BCUT2D eigenvalue weighted by Crippen LogP contribution is -2.67. The van der Waals surface area contributed by atoms with Crippen LogP contribution in [0.2, 0.25) is 0 Å². The zero-order chi connectivity index (χ0) is 65.4. The molecule has 89 heavy (non-hydrogen) atoms. The Morgan fingerprint density at radius 1 is 0.483 bits per heavy atom. The lowest BCUT2D eigenvalue weighted by Gasteiger charge is -2.46. The van der Waals surface area contributed by atoms with Crippen LogP contribution >= 0.6 is 15.6 Å². The molecule has 2 saturated heterocycles. The van der Waals surface area contributed by atoms with Gasteiger partial charge in [0.05, 0.1) is 19.1 Å². The summed E-state index contributed by atoms with van der Waals surface area (Å²) in [6.07, 6.45) is 27.5. The zero-order valence-corrected chi connectivity index (χ0v) is 57.5. The number of carbonyl (C=O) groups excluding carboxylic acids is 3. The molecule has 0 spiro atoms. The summed E-state index contributed by atoms with van der Waals surface area (Å²) in [5, 5.41) is 17.6. The van der Waals surface area contributed by atoms with Gasteiger partial charge in [-0.1, -0.05) is 220 Å². The molecule has 0 aromatic rings. The van der Waals surface area contributed by atoms with Crippen LogP contribution in [-0.4, -0.2) is 144 Å². The third kappa shape index (κ3) is 40.9. The Bertz CT molecular complexity index is 1900. The maximum Gasteiger partial charge on any atom is 0.472 e. The third-order valence-electron chi connectivity index (χ3n) is 16.5. The van der Waals surface area contributed by atoms with Crippen LogP contribution in [0.4, 0.5) is 0 Å². The molecule has 0 saturated carbocycles. The number of phosphoric acid groups is 2. The predicted octanol–water partition coefficient (Wildman–Crippen LogP) is 13.5. The molecule has 2 rings (SSSR count). The van der Waals surface area contributed by atoms with Crippen molar-refractivity contribution in [3.63, 3.8) is 0 Å². The van der Waals surface area contributed by atoms with E-state index in [4.69, 9.17) is 47.2 Å². The van der Waals surface area contributed by atoms with Crippen LogP contribution in [0, 0.1) is 0 Å². The van der Waals surface area contributed by atoms with Gasteiger partial charge in [0.25, 0.3) is 0 Å². The summed E-state index contributed by atoms with van der Waals surface area (Å²) in [4.78, 5) is 93.7. The molecule has 7 N–H and O–H groups in total. The number of ketones is 1. The van der Waals surface area contributed by atoms with E-state index in [1.165, 1.54) is 58.5 Å². The monoisotopic (exact) mass is 1310 g/mol. The molecular formula is C65H124N2O20P2. The van der Waals surface area contributed by atoms with Crippen molar-refractivity contribution in [1.29, 1.82) is 0 Å². The van der Waals surface area contributed by atoms with E-state index in [9.17, 15) is 48.2 Å². The Kier molecular flexibility index (Phi) is 49.1. The van der Waals surface area contributed by atoms with Gasteiger partial charge in [-0.15, -0.1) is 0 Å². The molecule has 0 radical (unpaired) electrons. The number of nitrogens with one attached hydrogen (secondary N) is 2. The van der Waals surface area contributed by atoms with E-state index in [0.717, 1.165) is 161 Å². The molecule has 11 atom stereocenters. The molecule has 24 heteroatoms. The van der Waals surface area contributed by atoms with Crippen molar-refractivity contribution in [2.75, 3.05) is 34.0 Å². The van der Waals surface area contributed by atoms with Gasteiger partial charge in [0.2, 0.25) is 24.4 Å². The van der Waals surface area contributed by atoms with Crippen LogP contribution in [0.3, 0.4) is 0 Å². The summed E-state index contributed by atoms with van der Waals surface area (Å²) >= 11 is 0.